The fourth-order valence-electron chi connectivity index (χ4n) is 1.07. The summed E-state index contributed by atoms with van der Waals surface area (Å²) in [5.41, 5.74) is 0.214. The predicted octanol–water partition coefficient (Wildman–Crippen LogP) is 3.34. The van der Waals surface area contributed by atoms with Crippen LogP contribution in [0.1, 0.15) is 34.1 Å². The molecule has 0 fully saturated rings. The molecule has 2 unspecified atom stereocenters. The van der Waals surface area contributed by atoms with E-state index in [9.17, 15) is 0 Å². The largest absolute Gasteiger partial charge is 0.0623 e. The van der Waals surface area contributed by atoms with Crippen molar-refractivity contribution in [2.24, 2.45) is 17.3 Å². The van der Waals surface area contributed by atoms with Crippen LogP contribution in [0.25, 0.3) is 0 Å². The first-order chi connectivity index (χ1) is 4.33. The summed E-state index contributed by atoms with van der Waals surface area (Å²) in [5.74, 6) is 1.23. The average Bonchev–Trinajstić information content (AvgIpc) is 1.60. The highest BCUT2D eigenvalue weighted by atomic mass is 14.2. The summed E-state index contributed by atoms with van der Waals surface area (Å²) in [6, 6.07) is 0. The van der Waals surface area contributed by atoms with Crippen molar-refractivity contribution in [2.45, 2.75) is 34.1 Å². The molecular formula is C10H20. The smallest absolute Gasteiger partial charge is 0.0351 e. The topological polar surface area (TPSA) is 0 Å². The van der Waals surface area contributed by atoms with E-state index in [0.29, 0.717) is 11.8 Å². The molecule has 0 aromatic carbocycles. The molecule has 0 spiro atoms. The van der Waals surface area contributed by atoms with E-state index in [1.807, 2.05) is 0 Å². The van der Waals surface area contributed by atoms with E-state index in [1.54, 1.807) is 0 Å². The summed E-state index contributed by atoms with van der Waals surface area (Å²) < 4.78 is 0. The van der Waals surface area contributed by atoms with E-state index in [2.05, 4.69) is 41.5 Å². The average molecular weight is 140 g/mol. The highest BCUT2D eigenvalue weighted by Crippen LogP contribution is 2.27. The molecule has 2 atom stereocenters. The second-order valence-corrected chi connectivity index (χ2v) is 4.32. The van der Waals surface area contributed by atoms with Crippen LogP contribution in [0.4, 0.5) is 0 Å². The van der Waals surface area contributed by atoms with Crippen LogP contribution in [0.3, 0.4) is 0 Å². The maximum absolute atomic E-state index is 4.07. The molecule has 10 heavy (non-hydrogen) atoms. The first-order valence-electron chi connectivity index (χ1n) is 4.01. The Bertz CT molecular complexity index is 84.7. The highest BCUT2D eigenvalue weighted by molar-refractivity contribution is 4.76. The first kappa shape index (κ1) is 10.0. The van der Waals surface area contributed by atoms with Gasteiger partial charge in [0.1, 0.15) is 0 Å². The van der Waals surface area contributed by atoms with Crippen LogP contribution >= 0.6 is 0 Å². The summed E-state index contributed by atoms with van der Waals surface area (Å²) in [7, 11) is 0. The summed E-state index contributed by atoms with van der Waals surface area (Å²) in [5, 5.41) is 0. The molecule has 0 saturated heterocycles. The van der Waals surface area contributed by atoms with E-state index in [4.69, 9.17) is 0 Å². The van der Waals surface area contributed by atoms with Crippen LogP contribution in [0.2, 0.25) is 0 Å². The lowest BCUT2D eigenvalue weighted by Gasteiger charge is -2.25. The maximum atomic E-state index is 4.07. The van der Waals surface area contributed by atoms with E-state index >= 15 is 0 Å². The minimum atomic E-state index is 0.214. The summed E-state index contributed by atoms with van der Waals surface area (Å²) in [6.45, 7) is 16.8. The Balaban J connectivity index is 3.68. The predicted molar refractivity (Wildman–Crippen MR) is 47.4 cm³/mol. The van der Waals surface area contributed by atoms with E-state index in [1.165, 1.54) is 0 Å². The van der Waals surface area contributed by atoms with E-state index < -0.39 is 0 Å². The lowest BCUT2D eigenvalue weighted by atomic mass is 9.81. The molecule has 0 aromatic heterocycles. The molecule has 0 nitrogen and oxygen atoms in total. The highest BCUT2D eigenvalue weighted by Gasteiger charge is 2.17. The fourth-order valence-corrected chi connectivity index (χ4v) is 1.07. The van der Waals surface area contributed by atoms with E-state index in [0.717, 1.165) is 6.42 Å². The Morgan fingerprint density at radius 2 is 1.70 bits per heavy atom. The van der Waals surface area contributed by atoms with Gasteiger partial charge in [-0.3, -0.25) is 0 Å². The van der Waals surface area contributed by atoms with Gasteiger partial charge in [-0.15, -0.1) is 0 Å². The van der Waals surface area contributed by atoms with Crippen molar-refractivity contribution in [3.63, 3.8) is 0 Å². The molecule has 0 rings (SSSR count). The van der Waals surface area contributed by atoms with Gasteiger partial charge in [0.15, 0.2) is 0 Å². The minimum absolute atomic E-state index is 0.214. The van der Waals surface area contributed by atoms with Crippen LogP contribution in [0, 0.1) is 31.1 Å². The summed E-state index contributed by atoms with van der Waals surface area (Å²) in [4.78, 5) is 0. The molecule has 0 saturated carbocycles. The van der Waals surface area contributed by atoms with Crippen LogP contribution in [-0.2, 0) is 0 Å². The molecular weight excluding hydrogens is 120 g/mol. The van der Waals surface area contributed by atoms with Gasteiger partial charge in [0.05, 0.1) is 0 Å². The Kier molecular flexibility index (Phi) is 3.41. The molecule has 0 heteroatoms. The molecule has 0 aliphatic carbocycles. The minimum Gasteiger partial charge on any atom is -0.0623 e. The zero-order valence-corrected chi connectivity index (χ0v) is 7.78. The number of rotatable bonds is 3. The van der Waals surface area contributed by atoms with Crippen LogP contribution in [0.15, 0.2) is 0 Å². The zero-order chi connectivity index (χ0) is 8.36. The SMILES string of the molecule is [CH2]C(C)C(C)CC([CH2])(C)C. The Morgan fingerprint density at radius 3 is 1.80 bits per heavy atom. The van der Waals surface area contributed by atoms with Gasteiger partial charge in [0.25, 0.3) is 0 Å². The van der Waals surface area contributed by atoms with Crippen LogP contribution in [0.5, 0.6) is 0 Å². The fraction of sp³-hybridized carbons (Fsp3) is 0.800. The Hall–Kier alpha value is 0. The normalized spacial score (nSPS) is 15.9. The third kappa shape index (κ3) is 4.84. The van der Waals surface area contributed by atoms with Crippen molar-refractivity contribution in [3.05, 3.63) is 13.8 Å². The molecule has 0 aromatic rings. The lowest BCUT2D eigenvalue weighted by molar-refractivity contribution is 0.302. The molecule has 0 N–H and O–H groups in total. The summed E-state index contributed by atoms with van der Waals surface area (Å²) >= 11 is 0. The van der Waals surface area contributed by atoms with Gasteiger partial charge in [-0.05, 0) is 30.6 Å². The lowest BCUT2D eigenvalue weighted by Crippen LogP contribution is -2.15. The van der Waals surface area contributed by atoms with Gasteiger partial charge in [0.2, 0.25) is 0 Å². The van der Waals surface area contributed by atoms with Gasteiger partial charge >= 0.3 is 0 Å². The molecule has 2 radical (unpaired) electrons. The van der Waals surface area contributed by atoms with Gasteiger partial charge in [0, 0.05) is 0 Å². The van der Waals surface area contributed by atoms with Gasteiger partial charge in [-0.2, -0.15) is 0 Å². The zero-order valence-electron chi connectivity index (χ0n) is 7.78. The van der Waals surface area contributed by atoms with E-state index in [-0.39, 0.29) is 5.41 Å². The van der Waals surface area contributed by atoms with Crippen molar-refractivity contribution < 1.29 is 0 Å². The monoisotopic (exact) mass is 140 g/mol. The van der Waals surface area contributed by atoms with Gasteiger partial charge < -0.3 is 0 Å². The standard InChI is InChI=1S/C10H20/c1-8(2)9(3)7-10(4,5)6/h8-9H,1,4,7H2,2-3,5-6H3. The second-order valence-electron chi connectivity index (χ2n) is 4.32. The summed E-state index contributed by atoms with van der Waals surface area (Å²) in [6.07, 6.45) is 1.16. The molecule has 0 aliphatic heterocycles. The van der Waals surface area contributed by atoms with Crippen molar-refractivity contribution in [3.8, 4) is 0 Å². The van der Waals surface area contributed by atoms with Crippen LogP contribution in [-0.4, -0.2) is 0 Å². The van der Waals surface area contributed by atoms with Crippen molar-refractivity contribution in [2.75, 3.05) is 0 Å². The molecule has 0 heterocycles. The Morgan fingerprint density at radius 1 is 1.30 bits per heavy atom. The molecule has 0 aliphatic rings. The molecule has 60 valence electrons. The molecule has 0 amide bonds. The maximum Gasteiger partial charge on any atom is -0.0351 e. The van der Waals surface area contributed by atoms with Crippen molar-refractivity contribution >= 4 is 0 Å². The van der Waals surface area contributed by atoms with Gasteiger partial charge in [-0.1, -0.05) is 34.6 Å². The van der Waals surface area contributed by atoms with Crippen molar-refractivity contribution in [1.82, 2.24) is 0 Å². The Labute approximate surface area is 66.0 Å². The van der Waals surface area contributed by atoms with Crippen molar-refractivity contribution in [1.29, 1.82) is 0 Å². The first-order valence-corrected chi connectivity index (χ1v) is 4.01. The number of hydrogen-bond donors (Lipinski definition) is 0. The quantitative estimate of drug-likeness (QED) is 0.564. The third-order valence-electron chi connectivity index (χ3n) is 1.85. The number of hydrogen-bond acceptors (Lipinski definition) is 0. The van der Waals surface area contributed by atoms with Crippen LogP contribution < -0.4 is 0 Å². The molecule has 0 bridgehead atoms. The third-order valence-corrected chi connectivity index (χ3v) is 1.85. The second kappa shape index (κ2) is 3.41. The van der Waals surface area contributed by atoms with Gasteiger partial charge in [-0.25, -0.2) is 0 Å².